The third-order valence-corrected chi connectivity index (χ3v) is 5.86. The molecule has 9 heteroatoms. The van der Waals surface area contributed by atoms with Crippen molar-refractivity contribution in [2.24, 2.45) is 0 Å². The van der Waals surface area contributed by atoms with Gasteiger partial charge in [-0.05, 0) is 67.8 Å². The number of carbonyl (C=O) groups is 2. The van der Waals surface area contributed by atoms with Gasteiger partial charge in [-0.25, -0.2) is 0 Å². The topological polar surface area (TPSA) is 71.8 Å². The number of alkyl halides is 3. The van der Waals surface area contributed by atoms with Gasteiger partial charge in [-0.2, -0.15) is 13.2 Å². The highest BCUT2D eigenvalue weighted by atomic mass is 19.4. The van der Waals surface area contributed by atoms with Crippen LogP contribution in [0.5, 0.6) is 5.75 Å². The average Bonchev–Trinajstić information content (AvgIpc) is 3.36. The molecule has 0 saturated carbocycles. The molecule has 2 aromatic carbocycles. The van der Waals surface area contributed by atoms with Crippen molar-refractivity contribution in [2.75, 3.05) is 20.2 Å². The smallest absolute Gasteiger partial charge is 0.416 e. The number of ether oxygens (including phenoxy) is 1. The average molecular weight is 499 g/mol. The molecule has 2 amide bonds. The Kier molecular flexibility index (Phi) is 7.47. The first-order valence-corrected chi connectivity index (χ1v) is 11.5. The molecule has 0 aliphatic carbocycles. The van der Waals surface area contributed by atoms with Crippen LogP contribution in [0.2, 0.25) is 0 Å². The number of methoxy groups -OCH3 is 1. The zero-order valence-corrected chi connectivity index (χ0v) is 19.6. The number of nitrogens with one attached hydrogen (secondary N) is 1. The first-order valence-electron chi connectivity index (χ1n) is 11.5. The summed E-state index contributed by atoms with van der Waals surface area (Å²) < 4.78 is 50.2. The molecule has 1 saturated heterocycles. The van der Waals surface area contributed by atoms with Crippen molar-refractivity contribution in [3.05, 3.63) is 83.2 Å². The van der Waals surface area contributed by atoms with Gasteiger partial charge >= 0.3 is 6.18 Å². The Morgan fingerprint density at radius 3 is 2.39 bits per heavy atom. The fourth-order valence-electron chi connectivity index (χ4n) is 3.93. The van der Waals surface area contributed by atoms with Crippen molar-refractivity contribution in [2.45, 2.75) is 25.4 Å². The maximum absolute atomic E-state index is 13.3. The van der Waals surface area contributed by atoms with Gasteiger partial charge in [0.05, 0.1) is 12.7 Å². The van der Waals surface area contributed by atoms with Gasteiger partial charge in [0.2, 0.25) is 0 Å². The molecule has 1 aliphatic rings. The van der Waals surface area contributed by atoms with Crippen LogP contribution in [0.15, 0.2) is 70.8 Å². The van der Waals surface area contributed by atoms with Gasteiger partial charge in [-0.1, -0.05) is 12.1 Å². The van der Waals surface area contributed by atoms with E-state index in [2.05, 4.69) is 5.32 Å². The molecule has 3 aromatic rings. The minimum absolute atomic E-state index is 0.0164. The van der Waals surface area contributed by atoms with E-state index in [0.29, 0.717) is 24.4 Å². The molecule has 0 spiro atoms. The van der Waals surface area contributed by atoms with Crippen molar-refractivity contribution in [3.63, 3.8) is 0 Å². The molecule has 4 rings (SSSR count). The second-order valence-electron chi connectivity index (χ2n) is 8.37. The third-order valence-electron chi connectivity index (χ3n) is 5.86. The fraction of sp³-hybridized carbons (Fsp3) is 0.259. The van der Waals surface area contributed by atoms with Crippen molar-refractivity contribution in [1.82, 2.24) is 10.2 Å². The summed E-state index contributed by atoms with van der Waals surface area (Å²) in [4.78, 5) is 27.8. The van der Waals surface area contributed by atoms with Gasteiger partial charge in [0.25, 0.3) is 11.8 Å². The summed E-state index contributed by atoms with van der Waals surface area (Å²) in [7, 11) is 1.52. The number of benzene rings is 2. The molecule has 1 fully saturated rings. The number of likely N-dealkylation sites (tertiary alicyclic amines) is 1. The minimum Gasteiger partial charge on any atom is -0.497 e. The summed E-state index contributed by atoms with van der Waals surface area (Å²) >= 11 is 0. The largest absolute Gasteiger partial charge is 0.497 e. The Morgan fingerprint density at radius 1 is 1.00 bits per heavy atom. The number of piperidine rings is 1. The quantitative estimate of drug-likeness (QED) is 0.439. The van der Waals surface area contributed by atoms with E-state index in [0.717, 1.165) is 31.4 Å². The molecule has 1 aliphatic heterocycles. The number of furan rings is 1. The summed E-state index contributed by atoms with van der Waals surface area (Å²) in [5.74, 6) is 0.174. The van der Waals surface area contributed by atoms with Crippen LogP contribution < -0.4 is 10.1 Å². The second kappa shape index (κ2) is 10.7. The number of halogens is 3. The van der Waals surface area contributed by atoms with E-state index in [-0.39, 0.29) is 28.7 Å². The molecule has 36 heavy (non-hydrogen) atoms. The van der Waals surface area contributed by atoms with Crippen molar-refractivity contribution < 1.29 is 31.9 Å². The molecule has 0 bridgehead atoms. The van der Waals surface area contributed by atoms with Crippen LogP contribution in [0.1, 0.15) is 40.9 Å². The molecule has 6 nitrogen and oxygen atoms in total. The lowest BCUT2D eigenvalue weighted by atomic mass is 10.1. The zero-order valence-electron chi connectivity index (χ0n) is 19.6. The van der Waals surface area contributed by atoms with Gasteiger partial charge in [-0.3, -0.25) is 9.59 Å². The lowest BCUT2D eigenvalue weighted by Gasteiger charge is -2.27. The monoisotopic (exact) mass is 498 g/mol. The number of rotatable bonds is 6. The van der Waals surface area contributed by atoms with Crippen LogP contribution in [-0.2, 0) is 11.0 Å². The molecule has 0 radical (unpaired) electrons. The summed E-state index contributed by atoms with van der Waals surface area (Å²) in [5.41, 5.74) is -0.197. The summed E-state index contributed by atoms with van der Waals surface area (Å²) in [6.07, 6.45) is -0.321. The zero-order chi connectivity index (χ0) is 25.7. The maximum atomic E-state index is 13.3. The highest BCUT2D eigenvalue weighted by Gasteiger charge is 2.30. The van der Waals surface area contributed by atoms with E-state index < -0.39 is 17.6 Å². The lowest BCUT2D eigenvalue weighted by Crippen LogP contribution is -2.41. The van der Waals surface area contributed by atoms with Crippen molar-refractivity contribution in [3.8, 4) is 17.1 Å². The summed E-state index contributed by atoms with van der Waals surface area (Å²) in [5, 5.41) is 2.68. The normalized spacial score (nSPS) is 14.4. The SMILES string of the molecule is COc1ccc(C(=O)N/C(=C\c2ccc(-c3cccc(C(F)(F)F)c3)o2)C(=O)N2CCCCC2)cc1. The molecule has 2 heterocycles. The van der Waals surface area contributed by atoms with E-state index in [1.54, 1.807) is 35.2 Å². The van der Waals surface area contributed by atoms with Crippen LogP contribution in [-0.4, -0.2) is 36.9 Å². The van der Waals surface area contributed by atoms with Crippen molar-refractivity contribution in [1.29, 1.82) is 0 Å². The van der Waals surface area contributed by atoms with E-state index in [9.17, 15) is 22.8 Å². The number of carbonyl (C=O) groups excluding carboxylic acids is 2. The van der Waals surface area contributed by atoms with Crippen LogP contribution in [0.4, 0.5) is 13.2 Å². The van der Waals surface area contributed by atoms with E-state index in [1.165, 1.54) is 31.4 Å². The van der Waals surface area contributed by atoms with Gasteiger partial charge in [0.15, 0.2) is 0 Å². The highest BCUT2D eigenvalue weighted by molar-refractivity contribution is 6.05. The lowest BCUT2D eigenvalue weighted by molar-refractivity contribution is -0.137. The van der Waals surface area contributed by atoms with Gasteiger partial charge in [-0.15, -0.1) is 0 Å². The molecule has 188 valence electrons. The fourth-order valence-corrected chi connectivity index (χ4v) is 3.93. The number of hydrogen-bond donors (Lipinski definition) is 1. The predicted octanol–water partition coefficient (Wildman–Crippen LogP) is 5.76. The van der Waals surface area contributed by atoms with E-state index in [4.69, 9.17) is 9.15 Å². The first kappa shape index (κ1) is 25.1. The second-order valence-corrected chi connectivity index (χ2v) is 8.37. The summed E-state index contributed by atoms with van der Waals surface area (Å²) in [6, 6.07) is 14.3. The molecular weight excluding hydrogens is 473 g/mol. The maximum Gasteiger partial charge on any atom is 0.416 e. The van der Waals surface area contributed by atoms with Crippen molar-refractivity contribution >= 4 is 17.9 Å². The molecular formula is C27H25F3N2O4. The molecule has 1 aromatic heterocycles. The molecule has 0 atom stereocenters. The first-order chi connectivity index (χ1) is 17.2. The van der Waals surface area contributed by atoms with E-state index in [1.807, 2.05) is 0 Å². The van der Waals surface area contributed by atoms with Crippen LogP contribution in [0, 0.1) is 0 Å². The van der Waals surface area contributed by atoms with Gasteiger partial charge in [0.1, 0.15) is 23.0 Å². The Morgan fingerprint density at radius 2 is 1.72 bits per heavy atom. The Bertz CT molecular complexity index is 1260. The van der Waals surface area contributed by atoms with Crippen LogP contribution in [0.3, 0.4) is 0 Å². The van der Waals surface area contributed by atoms with E-state index >= 15 is 0 Å². The Balaban J connectivity index is 1.62. The Labute approximate surface area is 206 Å². The number of amides is 2. The Hall–Kier alpha value is -4.01. The van der Waals surface area contributed by atoms with Gasteiger partial charge in [0, 0.05) is 30.3 Å². The number of nitrogens with zero attached hydrogens (tertiary/aromatic N) is 1. The third kappa shape index (κ3) is 5.97. The van der Waals surface area contributed by atoms with Crippen LogP contribution >= 0.6 is 0 Å². The molecule has 0 unspecified atom stereocenters. The van der Waals surface area contributed by atoms with Crippen LogP contribution in [0.25, 0.3) is 17.4 Å². The highest BCUT2D eigenvalue weighted by Crippen LogP contribution is 2.33. The minimum atomic E-state index is -4.48. The standard InChI is InChI=1S/C27H25F3N2O4/c1-35-21-10-8-18(9-11-21)25(33)31-23(26(34)32-14-3-2-4-15-32)17-22-12-13-24(36-22)19-6-5-7-20(16-19)27(28,29)30/h5-13,16-17H,2-4,14-15H2,1H3,(H,31,33)/b23-17-. The number of hydrogen-bond acceptors (Lipinski definition) is 4. The van der Waals surface area contributed by atoms with Gasteiger partial charge < -0.3 is 19.4 Å². The predicted molar refractivity (Wildman–Crippen MR) is 128 cm³/mol. The molecule has 1 N–H and O–H groups in total. The summed E-state index contributed by atoms with van der Waals surface area (Å²) in [6.45, 7) is 1.14.